The molecule has 0 fully saturated rings. The van der Waals surface area contributed by atoms with Gasteiger partial charge in [-0.05, 0) is 19.1 Å². The molecule has 7 heteroatoms. The van der Waals surface area contributed by atoms with Crippen LogP contribution in [0.4, 0.5) is 17.6 Å². The highest BCUT2D eigenvalue weighted by atomic mass is 19.4. The van der Waals surface area contributed by atoms with E-state index in [1.807, 2.05) is 0 Å². The molecule has 18 heavy (non-hydrogen) atoms. The van der Waals surface area contributed by atoms with E-state index in [0.29, 0.717) is 0 Å². The van der Waals surface area contributed by atoms with Gasteiger partial charge in [-0.1, -0.05) is 6.07 Å². The number of halogens is 4. The van der Waals surface area contributed by atoms with E-state index in [-0.39, 0.29) is 24.8 Å². The van der Waals surface area contributed by atoms with E-state index >= 15 is 0 Å². The van der Waals surface area contributed by atoms with E-state index in [0.717, 1.165) is 18.2 Å². The second-order valence-electron chi connectivity index (χ2n) is 3.73. The van der Waals surface area contributed by atoms with Crippen molar-refractivity contribution in [3.05, 3.63) is 29.6 Å². The lowest BCUT2D eigenvalue weighted by molar-refractivity contribution is -0.275. The third-order valence-electron chi connectivity index (χ3n) is 2.20. The van der Waals surface area contributed by atoms with Crippen LogP contribution >= 0.6 is 0 Å². The number of aliphatic hydroxyl groups is 1. The molecule has 0 bridgehead atoms. The minimum absolute atomic E-state index is 0.167. The Morgan fingerprint density at radius 2 is 2.06 bits per heavy atom. The molecule has 0 aliphatic rings. The van der Waals surface area contributed by atoms with Gasteiger partial charge in [0.2, 0.25) is 0 Å². The van der Waals surface area contributed by atoms with Crippen molar-refractivity contribution in [1.29, 1.82) is 0 Å². The summed E-state index contributed by atoms with van der Waals surface area (Å²) in [5, 5.41) is 11.4. The summed E-state index contributed by atoms with van der Waals surface area (Å²) in [4.78, 5) is 0. The van der Waals surface area contributed by atoms with Gasteiger partial charge in [-0.15, -0.1) is 13.2 Å². The van der Waals surface area contributed by atoms with Crippen LogP contribution in [0.5, 0.6) is 5.75 Å². The Morgan fingerprint density at radius 3 is 2.61 bits per heavy atom. The van der Waals surface area contributed by atoms with E-state index in [9.17, 15) is 17.6 Å². The molecule has 0 saturated carbocycles. The predicted molar refractivity (Wildman–Crippen MR) is 56.5 cm³/mol. The van der Waals surface area contributed by atoms with Crippen molar-refractivity contribution >= 4 is 0 Å². The molecular weight excluding hydrogens is 254 g/mol. The van der Waals surface area contributed by atoms with Crippen molar-refractivity contribution in [2.75, 3.05) is 6.61 Å². The van der Waals surface area contributed by atoms with E-state index in [1.54, 1.807) is 6.92 Å². The van der Waals surface area contributed by atoms with Gasteiger partial charge in [0.15, 0.2) is 0 Å². The van der Waals surface area contributed by atoms with E-state index in [4.69, 9.17) is 5.11 Å². The fourth-order valence-electron chi connectivity index (χ4n) is 1.27. The summed E-state index contributed by atoms with van der Waals surface area (Å²) in [5.41, 5.74) is -0.227. The van der Waals surface area contributed by atoms with Crippen LogP contribution in [0.25, 0.3) is 0 Å². The second kappa shape index (κ2) is 6.01. The molecule has 0 aliphatic heterocycles. The van der Waals surface area contributed by atoms with Crippen molar-refractivity contribution in [2.45, 2.75) is 25.9 Å². The molecule has 0 spiro atoms. The molecule has 0 aromatic heterocycles. The van der Waals surface area contributed by atoms with Gasteiger partial charge in [0, 0.05) is 18.2 Å². The first kappa shape index (κ1) is 14.7. The molecule has 1 aromatic rings. The normalized spacial score (nSPS) is 13.4. The Labute approximate surface area is 101 Å². The van der Waals surface area contributed by atoms with Crippen LogP contribution in [0.2, 0.25) is 0 Å². The topological polar surface area (TPSA) is 41.5 Å². The molecule has 0 saturated heterocycles. The Kier molecular flexibility index (Phi) is 4.92. The summed E-state index contributed by atoms with van der Waals surface area (Å²) in [6, 6.07) is 2.86. The quantitative estimate of drug-likeness (QED) is 0.804. The highest BCUT2D eigenvalue weighted by Gasteiger charge is 2.32. The van der Waals surface area contributed by atoms with Gasteiger partial charge >= 0.3 is 6.36 Å². The minimum Gasteiger partial charge on any atom is -0.405 e. The summed E-state index contributed by atoms with van der Waals surface area (Å²) in [6.45, 7) is 1.24. The summed E-state index contributed by atoms with van der Waals surface area (Å²) in [7, 11) is 0. The Hall–Kier alpha value is -1.34. The number of hydrogen-bond donors (Lipinski definition) is 2. The third-order valence-corrected chi connectivity index (χ3v) is 2.20. The number of ether oxygens (including phenoxy) is 1. The zero-order valence-corrected chi connectivity index (χ0v) is 9.59. The first-order chi connectivity index (χ1) is 8.33. The third kappa shape index (κ3) is 4.50. The van der Waals surface area contributed by atoms with Crippen LogP contribution in [0.3, 0.4) is 0 Å². The molecule has 1 unspecified atom stereocenters. The van der Waals surface area contributed by atoms with Gasteiger partial charge < -0.3 is 15.2 Å². The highest BCUT2D eigenvalue weighted by Crippen LogP contribution is 2.27. The predicted octanol–water partition coefficient (Wildman–Crippen LogP) is 2.19. The van der Waals surface area contributed by atoms with Crippen LogP contribution in [0.1, 0.15) is 12.5 Å². The smallest absolute Gasteiger partial charge is 0.405 e. The lowest BCUT2D eigenvalue weighted by atomic mass is 10.1. The van der Waals surface area contributed by atoms with Gasteiger partial charge in [-0.3, -0.25) is 0 Å². The number of benzene rings is 1. The van der Waals surface area contributed by atoms with E-state index in [2.05, 4.69) is 10.1 Å². The fourth-order valence-corrected chi connectivity index (χ4v) is 1.27. The largest absolute Gasteiger partial charge is 0.573 e. The maximum Gasteiger partial charge on any atom is 0.573 e. The van der Waals surface area contributed by atoms with Crippen molar-refractivity contribution in [3.63, 3.8) is 0 Å². The molecule has 1 aromatic carbocycles. The highest BCUT2D eigenvalue weighted by molar-refractivity contribution is 5.34. The van der Waals surface area contributed by atoms with Crippen molar-refractivity contribution in [2.24, 2.45) is 0 Å². The molecule has 0 amide bonds. The molecular formula is C11H13F4NO2. The Bertz CT molecular complexity index is 395. The van der Waals surface area contributed by atoms with Crippen LogP contribution in [-0.4, -0.2) is 24.1 Å². The summed E-state index contributed by atoms with van der Waals surface area (Å²) >= 11 is 0. The molecule has 102 valence electrons. The number of rotatable bonds is 5. The van der Waals surface area contributed by atoms with Crippen LogP contribution in [0, 0.1) is 5.82 Å². The van der Waals surface area contributed by atoms with Crippen LogP contribution < -0.4 is 10.1 Å². The lowest BCUT2D eigenvalue weighted by Crippen LogP contribution is -2.29. The summed E-state index contributed by atoms with van der Waals surface area (Å²) < 4.78 is 53.5. The first-order valence-corrected chi connectivity index (χ1v) is 5.21. The van der Waals surface area contributed by atoms with Crippen molar-refractivity contribution in [1.82, 2.24) is 5.32 Å². The zero-order chi connectivity index (χ0) is 13.8. The van der Waals surface area contributed by atoms with Crippen LogP contribution in [-0.2, 0) is 6.54 Å². The van der Waals surface area contributed by atoms with Crippen molar-refractivity contribution in [3.8, 4) is 5.75 Å². The fraction of sp³-hybridized carbons (Fsp3) is 0.455. The minimum atomic E-state index is -4.87. The molecule has 1 atom stereocenters. The molecule has 3 nitrogen and oxygen atoms in total. The lowest BCUT2D eigenvalue weighted by Gasteiger charge is -2.16. The summed E-state index contributed by atoms with van der Waals surface area (Å²) in [6.07, 6.45) is -4.87. The number of nitrogens with one attached hydrogen (secondary N) is 1. The van der Waals surface area contributed by atoms with E-state index in [1.165, 1.54) is 0 Å². The summed E-state index contributed by atoms with van der Waals surface area (Å²) in [5.74, 6) is -1.38. The molecule has 0 heterocycles. The van der Waals surface area contributed by atoms with Gasteiger partial charge in [0.25, 0.3) is 0 Å². The van der Waals surface area contributed by atoms with Gasteiger partial charge in [0.05, 0.1) is 6.61 Å². The average Bonchev–Trinajstić information content (AvgIpc) is 2.25. The zero-order valence-electron chi connectivity index (χ0n) is 9.59. The van der Waals surface area contributed by atoms with Crippen molar-refractivity contribution < 1.29 is 27.4 Å². The average molecular weight is 267 g/mol. The molecule has 2 N–H and O–H groups in total. The number of aliphatic hydroxyl groups excluding tert-OH is 1. The maximum absolute atomic E-state index is 13.4. The van der Waals surface area contributed by atoms with Gasteiger partial charge in [-0.25, -0.2) is 4.39 Å². The SMILES string of the molecule is CC(CO)NCc1c(F)cccc1OC(F)(F)F. The maximum atomic E-state index is 13.4. The second-order valence-corrected chi connectivity index (χ2v) is 3.73. The number of hydrogen-bond acceptors (Lipinski definition) is 3. The van der Waals surface area contributed by atoms with Gasteiger partial charge in [-0.2, -0.15) is 0 Å². The Balaban J connectivity index is 2.87. The Morgan fingerprint density at radius 1 is 1.39 bits per heavy atom. The first-order valence-electron chi connectivity index (χ1n) is 5.21. The molecule has 0 radical (unpaired) electrons. The number of alkyl halides is 3. The van der Waals surface area contributed by atoms with Crippen LogP contribution in [0.15, 0.2) is 18.2 Å². The van der Waals surface area contributed by atoms with E-state index < -0.39 is 17.9 Å². The van der Waals surface area contributed by atoms with Gasteiger partial charge in [0.1, 0.15) is 11.6 Å². The monoisotopic (exact) mass is 267 g/mol. The molecule has 1 rings (SSSR count). The molecule has 0 aliphatic carbocycles. The standard InChI is InChI=1S/C11H13F4NO2/c1-7(6-17)16-5-8-9(12)3-2-4-10(8)18-11(13,14)15/h2-4,7,16-17H,5-6H2,1H3.